The first kappa shape index (κ1) is 25.3. The summed E-state index contributed by atoms with van der Waals surface area (Å²) in [4.78, 5) is 19.3. The average Bonchev–Trinajstić information content (AvgIpc) is 3.24. The van der Waals surface area contributed by atoms with Gasteiger partial charge in [-0.25, -0.2) is 4.39 Å². The topological polar surface area (TPSA) is 71.3 Å². The molecular formula is C30H35FN4O2. The molecule has 1 aliphatic carbocycles. The molecule has 2 heterocycles. The first-order valence-corrected chi connectivity index (χ1v) is 13.4. The average molecular weight is 503 g/mol. The SMILES string of the molecule is Cc1nc(-c2ccc3c(c2)CCN(CC[C@H]2CC[C@H](NC(=O)/C=C/c4ccc(F)cc4)CC2)CC3)no1. The molecular weight excluding hydrogens is 467 g/mol. The number of halogens is 1. The molecule has 2 aliphatic rings. The van der Waals surface area contributed by atoms with Crippen LogP contribution in [-0.2, 0) is 17.6 Å². The summed E-state index contributed by atoms with van der Waals surface area (Å²) in [5, 5.41) is 7.20. The molecule has 0 radical (unpaired) electrons. The van der Waals surface area contributed by atoms with E-state index in [0.717, 1.165) is 75.2 Å². The maximum absolute atomic E-state index is 13.0. The van der Waals surface area contributed by atoms with Crippen LogP contribution in [0.5, 0.6) is 0 Å². The summed E-state index contributed by atoms with van der Waals surface area (Å²) in [6.45, 7) is 5.12. The highest BCUT2D eigenvalue weighted by Crippen LogP contribution is 2.28. The smallest absolute Gasteiger partial charge is 0.244 e. The summed E-state index contributed by atoms with van der Waals surface area (Å²) in [5.74, 6) is 1.63. The van der Waals surface area contributed by atoms with Crippen LogP contribution in [0.1, 0.15) is 54.7 Å². The molecule has 1 amide bonds. The molecule has 1 aliphatic heterocycles. The van der Waals surface area contributed by atoms with Gasteiger partial charge in [-0.15, -0.1) is 0 Å². The predicted molar refractivity (Wildman–Crippen MR) is 142 cm³/mol. The number of hydrogen-bond acceptors (Lipinski definition) is 5. The van der Waals surface area contributed by atoms with Crippen LogP contribution in [0.2, 0.25) is 0 Å². The first-order chi connectivity index (χ1) is 18.0. The second kappa shape index (κ2) is 11.8. The van der Waals surface area contributed by atoms with Gasteiger partial charge in [0.2, 0.25) is 17.6 Å². The fourth-order valence-electron chi connectivity index (χ4n) is 5.51. The van der Waals surface area contributed by atoms with Crippen molar-refractivity contribution >= 4 is 12.0 Å². The lowest BCUT2D eigenvalue weighted by Crippen LogP contribution is -2.37. The maximum Gasteiger partial charge on any atom is 0.244 e. The molecule has 5 rings (SSSR count). The Balaban J connectivity index is 1.03. The zero-order valence-corrected chi connectivity index (χ0v) is 21.5. The lowest BCUT2D eigenvalue weighted by Gasteiger charge is -2.30. The van der Waals surface area contributed by atoms with Crippen LogP contribution in [0.3, 0.4) is 0 Å². The zero-order chi connectivity index (χ0) is 25.6. The second-order valence-corrected chi connectivity index (χ2v) is 10.4. The van der Waals surface area contributed by atoms with Gasteiger partial charge >= 0.3 is 0 Å². The summed E-state index contributed by atoms with van der Waals surface area (Å²) in [6.07, 6.45) is 11.0. The summed E-state index contributed by atoms with van der Waals surface area (Å²) in [6, 6.07) is 12.9. The predicted octanol–water partition coefficient (Wildman–Crippen LogP) is 5.36. The minimum Gasteiger partial charge on any atom is -0.350 e. The van der Waals surface area contributed by atoms with Gasteiger partial charge in [-0.3, -0.25) is 4.79 Å². The third kappa shape index (κ3) is 6.92. The first-order valence-electron chi connectivity index (χ1n) is 13.4. The molecule has 0 saturated heterocycles. The van der Waals surface area contributed by atoms with E-state index in [1.807, 2.05) is 6.92 Å². The van der Waals surface area contributed by atoms with E-state index < -0.39 is 0 Å². The largest absolute Gasteiger partial charge is 0.350 e. The third-order valence-corrected chi connectivity index (χ3v) is 7.73. The van der Waals surface area contributed by atoms with Crippen LogP contribution in [0.25, 0.3) is 17.5 Å². The monoisotopic (exact) mass is 502 g/mol. The molecule has 0 spiro atoms. The van der Waals surface area contributed by atoms with Crippen molar-refractivity contribution in [2.24, 2.45) is 5.92 Å². The molecule has 2 aromatic carbocycles. The number of nitrogens with zero attached hydrogens (tertiary/aromatic N) is 3. The van der Waals surface area contributed by atoms with Crippen LogP contribution < -0.4 is 5.32 Å². The zero-order valence-electron chi connectivity index (χ0n) is 21.5. The van der Waals surface area contributed by atoms with Crippen LogP contribution >= 0.6 is 0 Å². The van der Waals surface area contributed by atoms with E-state index >= 15 is 0 Å². The lowest BCUT2D eigenvalue weighted by molar-refractivity contribution is -0.117. The fraction of sp³-hybridized carbons (Fsp3) is 0.433. The molecule has 6 nitrogen and oxygen atoms in total. The second-order valence-electron chi connectivity index (χ2n) is 10.4. The Bertz CT molecular complexity index is 1230. The van der Waals surface area contributed by atoms with Crippen molar-refractivity contribution in [3.63, 3.8) is 0 Å². The number of carbonyl (C=O) groups excluding carboxylic acids is 1. The number of hydrogen-bond donors (Lipinski definition) is 1. The molecule has 1 saturated carbocycles. The number of aromatic nitrogens is 2. The van der Waals surface area contributed by atoms with Crippen molar-refractivity contribution < 1.29 is 13.7 Å². The highest BCUT2D eigenvalue weighted by atomic mass is 19.1. The highest BCUT2D eigenvalue weighted by molar-refractivity contribution is 5.91. The number of amides is 1. The van der Waals surface area contributed by atoms with E-state index in [1.165, 1.54) is 29.7 Å². The number of nitrogens with one attached hydrogen (secondary N) is 1. The summed E-state index contributed by atoms with van der Waals surface area (Å²) >= 11 is 0. The third-order valence-electron chi connectivity index (χ3n) is 7.73. The van der Waals surface area contributed by atoms with E-state index in [-0.39, 0.29) is 17.8 Å². The van der Waals surface area contributed by atoms with Crippen molar-refractivity contribution in [2.75, 3.05) is 19.6 Å². The Morgan fingerprint density at radius 1 is 1.08 bits per heavy atom. The molecule has 7 heteroatoms. The van der Waals surface area contributed by atoms with E-state index in [4.69, 9.17) is 4.52 Å². The van der Waals surface area contributed by atoms with Gasteiger partial charge in [0.25, 0.3) is 0 Å². The molecule has 0 atom stereocenters. The van der Waals surface area contributed by atoms with E-state index in [9.17, 15) is 9.18 Å². The highest BCUT2D eigenvalue weighted by Gasteiger charge is 2.23. The number of fused-ring (bicyclic) bond motifs is 1. The van der Waals surface area contributed by atoms with Gasteiger partial charge in [0.05, 0.1) is 0 Å². The molecule has 1 fully saturated rings. The van der Waals surface area contributed by atoms with Crippen molar-refractivity contribution in [3.05, 3.63) is 76.9 Å². The Hall–Kier alpha value is -3.32. The van der Waals surface area contributed by atoms with Crippen LogP contribution in [0.15, 0.2) is 53.1 Å². The summed E-state index contributed by atoms with van der Waals surface area (Å²) < 4.78 is 18.2. The van der Waals surface area contributed by atoms with Gasteiger partial charge < -0.3 is 14.7 Å². The van der Waals surface area contributed by atoms with Gasteiger partial charge in [-0.2, -0.15) is 4.98 Å². The van der Waals surface area contributed by atoms with Gasteiger partial charge in [-0.1, -0.05) is 29.4 Å². The van der Waals surface area contributed by atoms with Crippen LogP contribution in [-0.4, -0.2) is 46.6 Å². The normalized spacial score (nSPS) is 20.5. The minimum absolute atomic E-state index is 0.0745. The van der Waals surface area contributed by atoms with Gasteiger partial charge in [-0.05, 0) is 98.4 Å². The number of carbonyl (C=O) groups is 1. The van der Waals surface area contributed by atoms with E-state index in [0.29, 0.717) is 11.7 Å². The molecule has 37 heavy (non-hydrogen) atoms. The molecule has 1 N–H and O–H groups in total. The molecule has 194 valence electrons. The number of rotatable bonds is 7. The van der Waals surface area contributed by atoms with Crippen LogP contribution in [0, 0.1) is 18.7 Å². The van der Waals surface area contributed by atoms with Crippen molar-refractivity contribution in [1.29, 1.82) is 0 Å². The Kier molecular flexibility index (Phi) is 8.09. The number of aryl methyl sites for hydroxylation is 1. The summed E-state index contributed by atoms with van der Waals surface area (Å²) in [5.41, 5.74) is 4.67. The van der Waals surface area contributed by atoms with Gasteiger partial charge in [0.1, 0.15) is 5.82 Å². The van der Waals surface area contributed by atoms with Crippen molar-refractivity contribution in [3.8, 4) is 11.4 Å². The molecule has 3 aromatic rings. The van der Waals surface area contributed by atoms with Gasteiger partial charge in [0.15, 0.2) is 0 Å². The Labute approximate surface area is 218 Å². The van der Waals surface area contributed by atoms with E-state index in [1.54, 1.807) is 24.3 Å². The van der Waals surface area contributed by atoms with Crippen molar-refractivity contribution in [1.82, 2.24) is 20.4 Å². The number of benzene rings is 2. The minimum atomic E-state index is -0.273. The van der Waals surface area contributed by atoms with Crippen molar-refractivity contribution in [2.45, 2.75) is 57.9 Å². The maximum atomic E-state index is 13.0. The van der Waals surface area contributed by atoms with Crippen LogP contribution in [0.4, 0.5) is 4.39 Å². The van der Waals surface area contributed by atoms with Gasteiger partial charge in [0, 0.05) is 37.7 Å². The standard InChI is InChI=1S/C30H35FN4O2/c1-21-32-30(34-37-21)26-8-7-24-15-18-35(19-16-25(24)20-26)17-14-23-4-11-28(12-5-23)33-29(36)13-6-22-2-9-27(31)10-3-22/h2-3,6-10,13,20,23,28H,4-5,11-12,14-19H2,1H3,(H,33,36)/b13-6+/t23-,28-. The van der Waals surface area contributed by atoms with E-state index in [2.05, 4.69) is 38.6 Å². The Morgan fingerprint density at radius 2 is 1.84 bits per heavy atom. The summed E-state index contributed by atoms with van der Waals surface area (Å²) in [7, 11) is 0. The Morgan fingerprint density at radius 3 is 2.57 bits per heavy atom. The lowest BCUT2D eigenvalue weighted by atomic mass is 9.84. The fourth-order valence-corrected chi connectivity index (χ4v) is 5.51. The molecule has 0 bridgehead atoms. The quantitative estimate of drug-likeness (QED) is 0.440. The molecule has 1 aromatic heterocycles. The molecule has 0 unspecified atom stereocenters.